The van der Waals surface area contributed by atoms with E-state index >= 15 is 0 Å². The summed E-state index contributed by atoms with van der Waals surface area (Å²) >= 11 is 1.85. The van der Waals surface area contributed by atoms with Gasteiger partial charge in [-0.1, -0.05) is 6.92 Å². The third-order valence-corrected chi connectivity index (χ3v) is 5.68. The predicted octanol–water partition coefficient (Wildman–Crippen LogP) is 0.703. The zero-order valence-electron chi connectivity index (χ0n) is 10.7. The van der Waals surface area contributed by atoms with Crippen LogP contribution in [0.4, 0.5) is 0 Å². The number of thioether (sulfide) groups is 1. The topological polar surface area (TPSA) is 74.7 Å². The Hall–Kier alpha value is -0.270. The van der Waals surface area contributed by atoms with Gasteiger partial charge in [0.2, 0.25) is 0 Å². The van der Waals surface area contributed by atoms with E-state index in [-0.39, 0.29) is 24.0 Å². The van der Waals surface area contributed by atoms with Gasteiger partial charge in [0.15, 0.2) is 9.84 Å². The highest BCUT2D eigenvalue weighted by atomic mass is 32.2. The normalized spacial score (nSPS) is 23.9. The third kappa shape index (κ3) is 5.58. The lowest BCUT2D eigenvalue weighted by atomic mass is 10.2. The molecule has 0 amide bonds. The largest absolute Gasteiger partial charge is 0.481 e. The minimum atomic E-state index is -3.06. The molecule has 0 radical (unpaired) electrons. The summed E-state index contributed by atoms with van der Waals surface area (Å²) in [6, 6.07) is -0.354. The number of carbonyl (C=O) groups is 1. The van der Waals surface area contributed by atoms with Crippen LogP contribution in [0.3, 0.4) is 0 Å². The summed E-state index contributed by atoms with van der Waals surface area (Å²) in [6.45, 7) is 3.36. The van der Waals surface area contributed by atoms with E-state index in [2.05, 4.69) is 6.92 Å². The number of carboxylic acid groups (broad SMARTS) is 1. The summed E-state index contributed by atoms with van der Waals surface area (Å²) in [5.74, 6) is 1.33. The fraction of sp³-hybridized carbons (Fsp3) is 0.909. The van der Waals surface area contributed by atoms with E-state index in [9.17, 15) is 13.2 Å². The molecule has 1 fully saturated rings. The average molecular weight is 295 g/mol. The maximum absolute atomic E-state index is 11.5. The van der Waals surface area contributed by atoms with E-state index in [4.69, 9.17) is 5.11 Å². The second kappa shape index (κ2) is 7.35. The Morgan fingerprint density at radius 2 is 2.22 bits per heavy atom. The van der Waals surface area contributed by atoms with Gasteiger partial charge in [-0.05, 0) is 24.5 Å². The van der Waals surface area contributed by atoms with Crippen molar-refractivity contribution in [1.82, 2.24) is 4.90 Å². The number of carboxylic acids is 1. The lowest BCUT2D eigenvalue weighted by Crippen LogP contribution is -2.49. The molecular weight excluding hydrogens is 274 g/mol. The van der Waals surface area contributed by atoms with Crippen molar-refractivity contribution in [2.75, 3.05) is 36.1 Å². The van der Waals surface area contributed by atoms with E-state index in [0.717, 1.165) is 24.5 Å². The monoisotopic (exact) mass is 295 g/mol. The summed E-state index contributed by atoms with van der Waals surface area (Å²) in [7, 11) is -3.06. The number of nitrogens with zero attached hydrogens (tertiary/aromatic N) is 1. The van der Waals surface area contributed by atoms with E-state index < -0.39 is 15.8 Å². The highest BCUT2D eigenvalue weighted by Crippen LogP contribution is 2.16. The van der Waals surface area contributed by atoms with Gasteiger partial charge in [-0.25, -0.2) is 8.42 Å². The van der Waals surface area contributed by atoms with E-state index in [1.165, 1.54) is 0 Å². The number of aliphatic carboxylic acids is 1. The summed E-state index contributed by atoms with van der Waals surface area (Å²) in [5, 5.41) is 8.84. The molecule has 0 aliphatic carbocycles. The van der Waals surface area contributed by atoms with Crippen molar-refractivity contribution in [3.05, 3.63) is 0 Å². The number of rotatable bonds is 7. The van der Waals surface area contributed by atoms with Gasteiger partial charge in [-0.2, -0.15) is 11.8 Å². The third-order valence-electron chi connectivity index (χ3n) is 3.00. The van der Waals surface area contributed by atoms with Crippen LogP contribution in [0.5, 0.6) is 0 Å². The summed E-state index contributed by atoms with van der Waals surface area (Å²) in [6.07, 6.45) is 0.898. The molecular formula is C11H21NO4S2. The van der Waals surface area contributed by atoms with Gasteiger partial charge in [-0.3, -0.25) is 9.69 Å². The lowest BCUT2D eigenvalue weighted by molar-refractivity contribution is -0.138. The van der Waals surface area contributed by atoms with Crippen LogP contribution in [-0.4, -0.2) is 66.5 Å². The van der Waals surface area contributed by atoms with Gasteiger partial charge in [0.25, 0.3) is 0 Å². The lowest BCUT2D eigenvalue weighted by Gasteiger charge is -2.34. The van der Waals surface area contributed by atoms with Crippen molar-refractivity contribution in [1.29, 1.82) is 0 Å². The minimum Gasteiger partial charge on any atom is -0.481 e. The van der Waals surface area contributed by atoms with Crippen molar-refractivity contribution in [3.63, 3.8) is 0 Å². The van der Waals surface area contributed by atoms with Gasteiger partial charge < -0.3 is 5.11 Å². The molecule has 1 atom stereocenters. The first-order chi connectivity index (χ1) is 8.44. The van der Waals surface area contributed by atoms with Crippen molar-refractivity contribution >= 4 is 27.6 Å². The van der Waals surface area contributed by atoms with Crippen molar-refractivity contribution in [3.8, 4) is 0 Å². The molecule has 0 bridgehead atoms. The van der Waals surface area contributed by atoms with Gasteiger partial charge in [0, 0.05) is 12.6 Å². The molecule has 0 aromatic rings. The number of sulfone groups is 1. The Morgan fingerprint density at radius 1 is 1.50 bits per heavy atom. The molecule has 0 saturated carbocycles. The van der Waals surface area contributed by atoms with Crippen LogP contribution in [0.15, 0.2) is 0 Å². The SMILES string of the molecule is CCSCCCN1CCS(=O)(=O)CC1CC(=O)O. The summed E-state index contributed by atoms with van der Waals surface area (Å²) in [4.78, 5) is 12.8. The highest BCUT2D eigenvalue weighted by Gasteiger charge is 2.32. The maximum Gasteiger partial charge on any atom is 0.304 e. The molecule has 1 aliphatic rings. The second-order valence-corrected chi connectivity index (χ2v) is 8.08. The van der Waals surface area contributed by atoms with E-state index in [1.807, 2.05) is 16.7 Å². The predicted molar refractivity (Wildman–Crippen MR) is 73.9 cm³/mol. The minimum absolute atomic E-state index is 0.0137. The van der Waals surface area contributed by atoms with Crippen molar-refractivity contribution in [2.24, 2.45) is 0 Å². The van der Waals surface area contributed by atoms with Gasteiger partial charge in [-0.15, -0.1) is 0 Å². The van der Waals surface area contributed by atoms with Crippen molar-refractivity contribution in [2.45, 2.75) is 25.8 Å². The van der Waals surface area contributed by atoms with Crippen LogP contribution >= 0.6 is 11.8 Å². The van der Waals surface area contributed by atoms with Crippen LogP contribution in [-0.2, 0) is 14.6 Å². The Bertz CT molecular complexity index is 369. The van der Waals surface area contributed by atoms with Crippen LogP contribution in [0, 0.1) is 0 Å². The Morgan fingerprint density at radius 3 is 2.83 bits per heavy atom. The molecule has 1 aliphatic heterocycles. The van der Waals surface area contributed by atoms with Gasteiger partial charge >= 0.3 is 5.97 Å². The molecule has 1 saturated heterocycles. The quantitative estimate of drug-likeness (QED) is 0.697. The highest BCUT2D eigenvalue weighted by molar-refractivity contribution is 7.99. The molecule has 1 unspecified atom stereocenters. The molecule has 1 N–H and O–H groups in total. The molecule has 106 valence electrons. The molecule has 1 rings (SSSR count). The van der Waals surface area contributed by atoms with Crippen molar-refractivity contribution < 1.29 is 18.3 Å². The van der Waals surface area contributed by atoms with Crippen LogP contribution < -0.4 is 0 Å². The smallest absolute Gasteiger partial charge is 0.304 e. The zero-order chi connectivity index (χ0) is 13.6. The fourth-order valence-electron chi connectivity index (χ4n) is 2.12. The first-order valence-corrected chi connectivity index (χ1v) is 9.16. The first-order valence-electron chi connectivity index (χ1n) is 6.18. The Kier molecular flexibility index (Phi) is 6.45. The van der Waals surface area contributed by atoms with Gasteiger partial charge in [0.1, 0.15) is 0 Å². The molecule has 5 nitrogen and oxygen atoms in total. The molecule has 0 aromatic carbocycles. The Labute approximate surface area is 113 Å². The Balaban J connectivity index is 2.50. The molecule has 0 spiro atoms. The van der Waals surface area contributed by atoms with E-state index in [0.29, 0.717) is 6.54 Å². The van der Waals surface area contributed by atoms with Crippen LogP contribution in [0.1, 0.15) is 19.8 Å². The molecule has 0 aromatic heterocycles. The first kappa shape index (κ1) is 15.8. The maximum atomic E-state index is 11.5. The fourth-order valence-corrected chi connectivity index (χ4v) is 4.33. The molecule has 18 heavy (non-hydrogen) atoms. The summed E-state index contributed by atoms with van der Waals surface area (Å²) < 4.78 is 23.1. The van der Waals surface area contributed by atoms with Crippen LogP contribution in [0.2, 0.25) is 0 Å². The van der Waals surface area contributed by atoms with E-state index in [1.54, 1.807) is 0 Å². The zero-order valence-corrected chi connectivity index (χ0v) is 12.3. The molecule has 1 heterocycles. The average Bonchev–Trinajstić information content (AvgIpc) is 2.25. The van der Waals surface area contributed by atoms with Gasteiger partial charge in [0.05, 0.1) is 17.9 Å². The second-order valence-electron chi connectivity index (χ2n) is 4.45. The summed E-state index contributed by atoms with van der Waals surface area (Å²) in [5.41, 5.74) is 0. The number of hydrogen-bond acceptors (Lipinski definition) is 5. The van der Waals surface area contributed by atoms with Crippen LogP contribution in [0.25, 0.3) is 0 Å². The standard InChI is InChI=1S/C11H21NO4S2/c1-2-17-6-3-4-12-5-7-18(15,16)9-10(12)8-11(13)14/h10H,2-9H2,1H3,(H,13,14). The molecule has 7 heteroatoms. The number of hydrogen-bond donors (Lipinski definition) is 1.